The van der Waals surface area contributed by atoms with Gasteiger partial charge >= 0.3 is 0 Å². The molecule has 0 aliphatic rings. The van der Waals surface area contributed by atoms with Crippen molar-refractivity contribution in [1.29, 1.82) is 0 Å². The van der Waals surface area contributed by atoms with Crippen molar-refractivity contribution in [3.63, 3.8) is 0 Å². The zero-order valence-corrected chi connectivity index (χ0v) is 11.4. The topological polar surface area (TPSA) is 85.4 Å². The van der Waals surface area contributed by atoms with E-state index in [1.165, 1.54) is 18.3 Å². The maximum Gasteiger partial charge on any atom is 0.264 e. The summed E-state index contributed by atoms with van der Waals surface area (Å²) in [5.74, 6) is 0.0471. The molecule has 0 aliphatic heterocycles. The predicted molar refractivity (Wildman–Crippen MR) is 73.1 cm³/mol. The number of pyridine rings is 1. The van der Waals surface area contributed by atoms with Gasteiger partial charge in [0.05, 0.1) is 6.26 Å². The number of para-hydroxylation sites is 1. The van der Waals surface area contributed by atoms with Gasteiger partial charge in [0.1, 0.15) is 5.75 Å². The van der Waals surface area contributed by atoms with E-state index in [2.05, 4.69) is 4.98 Å². The van der Waals surface area contributed by atoms with Gasteiger partial charge in [0.2, 0.25) is 15.9 Å². The minimum absolute atomic E-state index is 0.149. The molecular weight excluding hydrogens is 280 g/mol. The molecule has 0 atom stereocenters. The second-order valence-corrected chi connectivity index (χ2v) is 5.75. The van der Waals surface area contributed by atoms with Gasteiger partial charge in [0, 0.05) is 17.8 Å². The number of benzene rings is 1. The van der Waals surface area contributed by atoms with Crippen LogP contribution >= 0.6 is 0 Å². The lowest BCUT2D eigenvalue weighted by Crippen LogP contribution is -2.29. The number of aromatic nitrogens is 1. The first-order valence-corrected chi connectivity index (χ1v) is 7.54. The molecule has 0 spiro atoms. The lowest BCUT2D eigenvalue weighted by atomic mass is 10.2. The number of nitrogens with zero attached hydrogens (tertiary/aromatic N) is 1. The Morgan fingerprint density at radius 1 is 1.20 bits per heavy atom. The summed E-state index contributed by atoms with van der Waals surface area (Å²) in [5.41, 5.74) is 0.149. The maximum absolute atomic E-state index is 11.7. The van der Waals surface area contributed by atoms with Crippen molar-refractivity contribution >= 4 is 15.9 Å². The highest BCUT2D eigenvalue weighted by atomic mass is 32.2. The third-order valence-electron chi connectivity index (χ3n) is 2.24. The van der Waals surface area contributed by atoms with Gasteiger partial charge < -0.3 is 4.74 Å². The SMILES string of the molecule is CS(=O)(=O)NC(=O)c1ccnc(Oc2ccccc2)c1. The Balaban J connectivity index is 2.18. The lowest BCUT2D eigenvalue weighted by molar-refractivity contribution is 0.0981. The molecule has 2 rings (SSSR count). The van der Waals surface area contributed by atoms with E-state index < -0.39 is 15.9 Å². The van der Waals surface area contributed by atoms with Crippen molar-refractivity contribution in [2.75, 3.05) is 6.26 Å². The van der Waals surface area contributed by atoms with Crippen LogP contribution in [-0.4, -0.2) is 25.6 Å². The van der Waals surface area contributed by atoms with Crippen LogP contribution in [0.5, 0.6) is 11.6 Å². The van der Waals surface area contributed by atoms with Gasteiger partial charge in [-0.05, 0) is 18.2 Å². The summed E-state index contributed by atoms with van der Waals surface area (Å²) in [4.78, 5) is 15.7. The monoisotopic (exact) mass is 292 g/mol. The van der Waals surface area contributed by atoms with E-state index in [9.17, 15) is 13.2 Å². The van der Waals surface area contributed by atoms with Crippen LogP contribution in [0.25, 0.3) is 0 Å². The Bertz CT molecular complexity index is 714. The molecule has 1 amide bonds. The minimum Gasteiger partial charge on any atom is -0.439 e. The first kappa shape index (κ1) is 14.0. The molecule has 0 saturated heterocycles. The largest absolute Gasteiger partial charge is 0.439 e. The molecule has 0 saturated carbocycles. The van der Waals surface area contributed by atoms with Crippen molar-refractivity contribution in [3.8, 4) is 11.6 Å². The van der Waals surface area contributed by atoms with Gasteiger partial charge in [-0.1, -0.05) is 18.2 Å². The highest BCUT2D eigenvalue weighted by molar-refractivity contribution is 7.89. The van der Waals surface area contributed by atoms with Crippen LogP contribution in [0.4, 0.5) is 0 Å². The van der Waals surface area contributed by atoms with Crippen LogP contribution in [0.1, 0.15) is 10.4 Å². The summed E-state index contributed by atoms with van der Waals surface area (Å²) >= 11 is 0. The van der Waals surface area contributed by atoms with E-state index >= 15 is 0 Å². The molecule has 104 valence electrons. The number of carbonyl (C=O) groups excluding carboxylic acids is 1. The molecule has 1 N–H and O–H groups in total. The lowest BCUT2D eigenvalue weighted by Gasteiger charge is -2.06. The van der Waals surface area contributed by atoms with Crippen molar-refractivity contribution in [2.45, 2.75) is 0 Å². The summed E-state index contributed by atoms with van der Waals surface area (Å²) in [7, 11) is -3.60. The van der Waals surface area contributed by atoms with Crippen molar-refractivity contribution < 1.29 is 17.9 Å². The van der Waals surface area contributed by atoms with Gasteiger partial charge in [-0.15, -0.1) is 0 Å². The van der Waals surface area contributed by atoms with Crippen molar-refractivity contribution in [2.24, 2.45) is 0 Å². The molecule has 1 heterocycles. The van der Waals surface area contributed by atoms with E-state index in [1.54, 1.807) is 24.3 Å². The van der Waals surface area contributed by atoms with Gasteiger partial charge in [-0.25, -0.2) is 18.1 Å². The van der Waals surface area contributed by atoms with Crippen LogP contribution in [0.2, 0.25) is 0 Å². The zero-order chi connectivity index (χ0) is 14.6. The van der Waals surface area contributed by atoms with Gasteiger partial charge in [0.15, 0.2) is 0 Å². The number of ether oxygens (including phenoxy) is 1. The molecule has 0 radical (unpaired) electrons. The average molecular weight is 292 g/mol. The highest BCUT2D eigenvalue weighted by Crippen LogP contribution is 2.19. The highest BCUT2D eigenvalue weighted by Gasteiger charge is 2.12. The maximum atomic E-state index is 11.7. The smallest absolute Gasteiger partial charge is 0.264 e. The van der Waals surface area contributed by atoms with Crippen LogP contribution in [0.3, 0.4) is 0 Å². The Morgan fingerprint density at radius 2 is 1.90 bits per heavy atom. The molecule has 7 heteroatoms. The molecule has 0 unspecified atom stereocenters. The van der Waals surface area contributed by atoms with Crippen LogP contribution in [-0.2, 0) is 10.0 Å². The van der Waals surface area contributed by atoms with E-state index in [0.29, 0.717) is 5.75 Å². The number of rotatable bonds is 4. The Hall–Kier alpha value is -2.41. The van der Waals surface area contributed by atoms with Crippen LogP contribution < -0.4 is 9.46 Å². The molecule has 0 fully saturated rings. The summed E-state index contributed by atoms with van der Waals surface area (Å²) in [5, 5.41) is 0. The predicted octanol–water partition coefficient (Wildman–Crippen LogP) is 1.56. The van der Waals surface area contributed by atoms with Crippen LogP contribution in [0.15, 0.2) is 48.7 Å². The molecule has 0 bridgehead atoms. The number of hydrogen-bond donors (Lipinski definition) is 1. The summed E-state index contributed by atoms with van der Waals surface area (Å²) < 4.78 is 29.4. The van der Waals surface area contributed by atoms with E-state index in [1.807, 2.05) is 10.8 Å². The summed E-state index contributed by atoms with van der Waals surface area (Å²) in [6, 6.07) is 11.7. The minimum atomic E-state index is -3.60. The molecule has 2 aromatic rings. The summed E-state index contributed by atoms with van der Waals surface area (Å²) in [6.07, 6.45) is 2.28. The van der Waals surface area contributed by atoms with Crippen LogP contribution in [0, 0.1) is 0 Å². The third kappa shape index (κ3) is 4.06. The van der Waals surface area contributed by atoms with E-state index in [4.69, 9.17) is 4.74 Å². The zero-order valence-electron chi connectivity index (χ0n) is 10.6. The molecule has 1 aromatic carbocycles. The Kier molecular flexibility index (Phi) is 3.99. The number of nitrogens with one attached hydrogen (secondary N) is 1. The van der Waals surface area contributed by atoms with Crippen molar-refractivity contribution in [3.05, 3.63) is 54.2 Å². The molecule has 6 nitrogen and oxygen atoms in total. The number of sulfonamides is 1. The molecular formula is C13H12N2O4S. The second-order valence-electron chi connectivity index (χ2n) is 4.00. The first-order valence-electron chi connectivity index (χ1n) is 5.65. The fraction of sp³-hybridized carbons (Fsp3) is 0.0769. The van der Waals surface area contributed by atoms with E-state index in [0.717, 1.165) is 6.26 Å². The second kappa shape index (κ2) is 5.70. The van der Waals surface area contributed by atoms with Crippen molar-refractivity contribution in [1.82, 2.24) is 9.71 Å². The fourth-order valence-corrected chi connectivity index (χ4v) is 1.90. The third-order valence-corrected chi connectivity index (χ3v) is 2.80. The first-order chi connectivity index (χ1) is 9.44. The average Bonchev–Trinajstić information content (AvgIpc) is 2.38. The molecule has 0 aliphatic carbocycles. The van der Waals surface area contributed by atoms with Gasteiger partial charge in [-0.3, -0.25) is 4.79 Å². The van der Waals surface area contributed by atoms with Gasteiger partial charge in [-0.2, -0.15) is 0 Å². The molecule has 20 heavy (non-hydrogen) atoms. The Morgan fingerprint density at radius 3 is 2.55 bits per heavy atom. The standard InChI is InChI=1S/C13H12N2O4S/c1-20(17,18)15-13(16)10-7-8-14-12(9-10)19-11-5-3-2-4-6-11/h2-9H,1H3,(H,15,16). The number of hydrogen-bond acceptors (Lipinski definition) is 5. The summed E-state index contributed by atoms with van der Waals surface area (Å²) in [6.45, 7) is 0. The van der Waals surface area contributed by atoms with Gasteiger partial charge in [0.25, 0.3) is 5.91 Å². The molecule has 1 aromatic heterocycles. The Labute approximate surface area is 116 Å². The number of amides is 1. The van der Waals surface area contributed by atoms with E-state index in [-0.39, 0.29) is 11.4 Å². The normalized spacial score (nSPS) is 10.8. The quantitative estimate of drug-likeness (QED) is 0.924. The fourth-order valence-electron chi connectivity index (χ4n) is 1.44. The number of carbonyl (C=O) groups is 1.